The highest BCUT2D eigenvalue weighted by molar-refractivity contribution is 7.98. The van der Waals surface area contributed by atoms with E-state index in [0.29, 0.717) is 5.16 Å². The van der Waals surface area contributed by atoms with Gasteiger partial charge in [-0.25, -0.2) is 0 Å². The van der Waals surface area contributed by atoms with Crippen LogP contribution in [0.5, 0.6) is 0 Å². The molecule has 0 atom stereocenters. The molecule has 0 saturated heterocycles. The van der Waals surface area contributed by atoms with Gasteiger partial charge in [-0.15, -0.1) is 5.10 Å². The first-order valence-electron chi connectivity index (χ1n) is 7.08. The highest BCUT2D eigenvalue weighted by Gasteiger charge is 2.32. The fourth-order valence-electron chi connectivity index (χ4n) is 2.18. The van der Waals surface area contributed by atoms with Crippen molar-refractivity contribution in [2.24, 2.45) is 0 Å². The maximum absolute atomic E-state index is 13.0. The third-order valence-corrected chi connectivity index (χ3v) is 4.37. The van der Waals surface area contributed by atoms with Gasteiger partial charge in [0.2, 0.25) is 5.16 Å². The number of tetrazole rings is 1. The molecule has 2 aromatic carbocycles. The summed E-state index contributed by atoms with van der Waals surface area (Å²) >= 11 is 1.16. The molecule has 3 aromatic rings. The van der Waals surface area contributed by atoms with Gasteiger partial charge in [-0.1, -0.05) is 47.7 Å². The zero-order chi connectivity index (χ0) is 17.2. The van der Waals surface area contributed by atoms with Crippen molar-refractivity contribution in [1.82, 2.24) is 20.2 Å². The molecule has 1 heterocycles. The molecule has 0 fully saturated rings. The molecular weight excluding hydrogens is 337 g/mol. The van der Waals surface area contributed by atoms with Crippen molar-refractivity contribution < 1.29 is 13.2 Å². The van der Waals surface area contributed by atoms with Gasteiger partial charge < -0.3 is 0 Å². The Hall–Kier alpha value is -2.35. The van der Waals surface area contributed by atoms with Crippen LogP contribution in [0.15, 0.2) is 53.7 Å². The van der Waals surface area contributed by atoms with Crippen molar-refractivity contribution in [3.8, 4) is 5.69 Å². The van der Waals surface area contributed by atoms with E-state index >= 15 is 0 Å². The Labute approximate surface area is 140 Å². The van der Waals surface area contributed by atoms with Crippen LogP contribution >= 0.6 is 11.8 Å². The van der Waals surface area contributed by atoms with Gasteiger partial charge in [0.1, 0.15) is 0 Å². The first-order valence-corrected chi connectivity index (χ1v) is 8.07. The summed E-state index contributed by atoms with van der Waals surface area (Å²) in [6, 6.07) is 13.1. The SMILES string of the molecule is Cc1ccc(-n2nnnc2SCc2ccccc2C(F)(F)F)cc1. The van der Waals surface area contributed by atoms with Gasteiger partial charge in [0.15, 0.2) is 0 Å². The molecule has 3 rings (SSSR count). The van der Waals surface area contributed by atoms with Crippen molar-refractivity contribution in [3.63, 3.8) is 0 Å². The largest absolute Gasteiger partial charge is 0.416 e. The van der Waals surface area contributed by atoms with Gasteiger partial charge in [0.25, 0.3) is 0 Å². The van der Waals surface area contributed by atoms with Crippen LogP contribution in [0, 0.1) is 6.92 Å². The van der Waals surface area contributed by atoms with Gasteiger partial charge in [-0.3, -0.25) is 0 Å². The van der Waals surface area contributed by atoms with Gasteiger partial charge in [-0.05, 0) is 41.1 Å². The minimum Gasteiger partial charge on any atom is -0.188 e. The first-order chi connectivity index (χ1) is 11.4. The Bertz CT molecular complexity index is 828. The third kappa shape index (κ3) is 3.59. The number of alkyl halides is 3. The topological polar surface area (TPSA) is 43.6 Å². The van der Waals surface area contributed by atoms with E-state index in [1.165, 1.54) is 16.8 Å². The molecule has 0 aliphatic carbocycles. The predicted molar refractivity (Wildman–Crippen MR) is 84.9 cm³/mol. The lowest BCUT2D eigenvalue weighted by Gasteiger charge is -2.12. The number of hydrogen-bond donors (Lipinski definition) is 0. The molecule has 0 spiro atoms. The van der Waals surface area contributed by atoms with E-state index in [1.807, 2.05) is 31.2 Å². The van der Waals surface area contributed by atoms with Crippen molar-refractivity contribution in [1.29, 1.82) is 0 Å². The Balaban J connectivity index is 1.82. The average Bonchev–Trinajstić information content (AvgIpc) is 3.01. The molecule has 24 heavy (non-hydrogen) atoms. The predicted octanol–water partition coefficient (Wildman–Crippen LogP) is 4.28. The van der Waals surface area contributed by atoms with Crippen molar-refractivity contribution in [2.75, 3.05) is 0 Å². The number of aryl methyl sites for hydroxylation is 1. The quantitative estimate of drug-likeness (QED) is 0.659. The molecule has 0 saturated carbocycles. The van der Waals surface area contributed by atoms with Gasteiger partial charge in [0.05, 0.1) is 11.3 Å². The highest BCUT2D eigenvalue weighted by Crippen LogP contribution is 2.34. The van der Waals surface area contributed by atoms with Crippen LogP contribution in [-0.4, -0.2) is 20.2 Å². The van der Waals surface area contributed by atoms with E-state index in [9.17, 15) is 13.2 Å². The monoisotopic (exact) mass is 350 g/mol. The molecule has 0 aliphatic rings. The zero-order valence-corrected chi connectivity index (χ0v) is 13.5. The second-order valence-corrected chi connectivity index (χ2v) is 6.09. The number of hydrogen-bond acceptors (Lipinski definition) is 4. The number of aromatic nitrogens is 4. The summed E-state index contributed by atoms with van der Waals surface area (Å²) < 4.78 is 40.6. The minimum atomic E-state index is -4.37. The molecule has 124 valence electrons. The van der Waals surface area contributed by atoms with Crippen LogP contribution in [0.2, 0.25) is 0 Å². The maximum atomic E-state index is 13.0. The summed E-state index contributed by atoms with van der Waals surface area (Å²) in [6.45, 7) is 1.97. The van der Waals surface area contributed by atoms with Crippen LogP contribution in [0.4, 0.5) is 13.2 Å². The second-order valence-electron chi connectivity index (χ2n) is 5.15. The normalized spacial score (nSPS) is 11.7. The van der Waals surface area contributed by atoms with E-state index in [2.05, 4.69) is 15.5 Å². The Morgan fingerprint density at radius 1 is 1.04 bits per heavy atom. The van der Waals surface area contributed by atoms with Crippen molar-refractivity contribution >= 4 is 11.8 Å². The average molecular weight is 350 g/mol. The van der Waals surface area contributed by atoms with E-state index in [-0.39, 0.29) is 11.3 Å². The minimum absolute atomic E-state index is 0.127. The number of nitrogens with zero attached hydrogens (tertiary/aromatic N) is 4. The standard InChI is InChI=1S/C16H13F3N4S/c1-11-6-8-13(9-7-11)23-15(20-21-22-23)24-10-12-4-2-3-5-14(12)16(17,18)19/h2-9H,10H2,1H3. The summed E-state index contributed by atoms with van der Waals surface area (Å²) in [6.07, 6.45) is -4.37. The molecule has 1 aromatic heterocycles. The van der Waals surface area contributed by atoms with E-state index in [4.69, 9.17) is 0 Å². The number of rotatable bonds is 4. The fourth-order valence-corrected chi connectivity index (χ4v) is 3.08. The molecule has 4 nitrogen and oxygen atoms in total. The van der Waals surface area contributed by atoms with E-state index in [1.54, 1.807) is 6.07 Å². The van der Waals surface area contributed by atoms with Gasteiger partial charge in [0, 0.05) is 5.75 Å². The van der Waals surface area contributed by atoms with Crippen LogP contribution in [-0.2, 0) is 11.9 Å². The Morgan fingerprint density at radius 3 is 2.46 bits per heavy atom. The highest BCUT2D eigenvalue weighted by atomic mass is 32.2. The first kappa shape index (κ1) is 16.5. The lowest BCUT2D eigenvalue weighted by Crippen LogP contribution is -2.08. The third-order valence-electron chi connectivity index (χ3n) is 3.40. The number of benzene rings is 2. The number of halogens is 3. The van der Waals surface area contributed by atoms with Crippen LogP contribution in [0.1, 0.15) is 16.7 Å². The Kier molecular flexibility index (Phi) is 4.57. The molecule has 0 aliphatic heterocycles. The van der Waals surface area contributed by atoms with Crippen LogP contribution in [0.25, 0.3) is 5.69 Å². The van der Waals surface area contributed by atoms with Gasteiger partial charge >= 0.3 is 6.18 Å². The maximum Gasteiger partial charge on any atom is 0.416 e. The summed E-state index contributed by atoms with van der Waals surface area (Å²) in [5.74, 6) is 0.127. The summed E-state index contributed by atoms with van der Waals surface area (Å²) in [5.41, 5.74) is 1.43. The zero-order valence-electron chi connectivity index (χ0n) is 12.7. The molecule has 0 radical (unpaired) electrons. The number of thioether (sulfide) groups is 1. The van der Waals surface area contributed by atoms with E-state index < -0.39 is 11.7 Å². The van der Waals surface area contributed by atoms with Crippen molar-refractivity contribution in [3.05, 3.63) is 65.2 Å². The fraction of sp³-hybridized carbons (Fsp3) is 0.188. The summed E-state index contributed by atoms with van der Waals surface area (Å²) in [7, 11) is 0. The van der Waals surface area contributed by atoms with Crippen LogP contribution in [0.3, 0.4) is 0 Å². The van der Waals surface area contributed by atoms with Crippen LogP contribution < -0.4 is 0 Å². The molecular formula is C16H13F3N4S. The smallest absolute Gasteiger partial charge is 0.188 e. The summed E-state index contributed by atoms with van der Waals surface area (Å²) in [5, 5.41) is 11.9. The van der Waals surface area contributed by atoms with E-state index in [0.717, 1.165) is 29.1 Å². The van der Waals surface area contributed by atoms with Gasteiger partial charge in [-0.2, -0.15) is 17.9 Å². The molecule has 8 heteroatoms. The Morgan fingerprint density at radius 2 is 1.75 bits per heavy atom. The molecule has 0 bridgehead atoms. The molecule has 0 amide bonds. The lowest BCUT2D eigenvalue weighted by atomic mass is 10.1. The lowest BCUT2D eigenvalue weighted by molar-refractivity contribution is -0.138. The molecule has 0 N–H and O–H groups in total. The summed E-state index contributed by atoms with van der Waals surface area (Å²) in [4.78, 5) is 0. The van der Waals surface area contributed by atoms with Crippen molar-refractivity contribution in [2.45, 2.75) is 24.0 Å². The second kappa shape index (κ2) is 6.64. The molecule has 0 unspecified atom stereocenters.